The molecule has 1 aromatic rings. The Balaban J connectivity index is 2.19. The van der Waals surface area contributed by atoms with Crippen LogP contribution in [-0.2, 0) is 4.79 Å². The maximum absolute atomic E-state index is 12.6. The number of amides is 1. The Morgan fingerprint density at radius 1 is 1.48 bits per heavy atom. The van der Waals surface area contributed by atoms with Crippen LogP contribution in [0.3, 0.4) is 0 Å². The number of hydrogen-bond acceptors (Lipinski definition) is 5. The SMILES string of the molecule is Cc1nsc(NC(=O)C2(CN)CCC(C)CC2)c1C(=O)O. The van der Waals surface area contributed by atoms with E-state index in [-0.39, 0.29) is 18.0 Å². The number of anilines is 1. The number of carboxylic acids is 1. The standard InChI is InChI=1S/C14H21N3O3S/c1-8-3-5-14(7-15,6-4-8)13(20)16-11-10(12(18)19)9(2)17-21-11/h8H,3-7,15H2,1-2H3,(H,16,20)(H,18,19). The van der Waals surface area contributed by atoms with Crippen molar-refractivity contribution in [1.29, 1.82) is 0 Å². The minimum Gasteiger partial charge on any atom is -0.478 e. The molecule has 0 radical (unpaired) electrons. The molecular weight excluding hydrogens is 290 g/mol. The van der Waals surface area contributed by atoms with Crippen LogP contribution in [0.5, 0.6) is 0 Å². The molecule has 0 aromatic carbocycles. The van der Waals surface area contributed by atoms with Crippen LogP contribution in [0.15, 0.2) is 0 Å². The third kappa shape index (κ3) is 3.08. The van der Waals surface area contributed by atoms with Gasteiger partial charge in [0.1, 0.15) is 10.6 Å². The monoisotopic (exact) mass is 311 g/mol. The van der Waals surface area contributed by atoms with E-state index in [0.717, 1.165) is 37.2 Å². The Bertz CT molecular complexity index is 548. The highest BCUT2D eigenvalue weighted by Gasteiger charge is 2.40. The zero-order valence-electron chi connectivity index (χ0n) is 12.3. The molecule has 1 aliphatic rings. The number of carboxylic acid groups (broad SMARTS) is 1. The van der Waals surface area contributed by atoms with Gasteiger partial charge in [-0.3, -0.25) is 4.79 Å². The van der Waals surface area contributed by atoms with Crippen molar-refractivity contribution in [1.82, 2.24) is 4.37 Å². The van der Waals surface area contributed by atoms with Crippen molar-refractivity contribution in [3.05, 3.63) is 11.3 Å². The van der Waals surface area contributed by atoms with E-state index in [1.54, 1.807) is 6.92 Å². The van der Waals surface area contributed by atoms with Crippen molar-refractivity contribution in [3.63, 3.8) is 0 Å². The summed E-state index contributed by atoms with van der Waals surface area (Å²) in [6, 6.07) is 0. The lowest BCUT2D eigenvalue weighted by molar-refractivity contribution is -0.127. The minimum atomic E-state index is -1.07. The molecular formula is C14H21N3O3S. The number of aromatic nitrogens is 1. The molecule has 21 heavy (non-hydrogen) atoms. The summed E-state index contributed by atoms with van der Waals surface area (Å²) in [5, 5.41) is 12.3. The summed E-state index contributed by atoms with van der Waals surface area (Å²) in [6.07, 6.45) is 3.43. The van der Waals surface area contributed by atoms with Gasteiger partial charge in [-0.25, -0.2) is 4.79 Å². The van der Waals surface area contributed by atoms with Gasteiger partial charge in [0.05, 0.1) is 11.1 Å². The number of rotatable bonds is 4. The second kappa shape index (κ2) is 6.11. The fourth-order valence-corrected chi connectivity index (χ4v) is 3.57. The first-order chi connectivity index (χ1) is 9.89. The average Bonchev–Trinajstić information content (AvgIpc) is 2.81. The Morgan fingerprint density at radius 3 is 2.62 bits per heavy atom. The lowest BCUT2D eigenvalue weighted by atomic mass is 9.70. The molecule has 0 aliphatic heterocycles. The van der Waals surface area contributed by atoms with Crippen LogP contribution in [0.25, 0.3) is 0 Å². The van der Waals surface area contributed by atoms with E-state index < -0.39 is 11.4 Å². The Hall–Kier alpha value is -1.47. The first kappa shape index (κ1) is 15.9. The Kier molecular flexibility index (Phi) is 4.63. The summed E-state index contributed by atoms with van der Waals surface area (Å²) in [5.74, 6) is -0.642. The van der Waals surface area contributed by atoms with Crippen molar-refractivity contribution in [2.75, 3.05) is 11.9 Å². The quantitative estimate of drug-likeness (QED) is 0.791. The van der Waals surface area contributed by atoms with Crippen LogP contribution in [-0.4, -0.2) is 27.9 Å². The van der Waals surface area contributed by atoms with E-state index in [4.69, 9.17) is 5.73 Å². The first-order valence-electron chi connectivity index (χ1n) is 7.10. The highest BCUT2D eigenvalue weighted by Crippen LogP contribution is 2.39. The van der Waals surface area contributed by atoms with Crippen LogP contribution in [0.4, 0.5) is 5.00 Å². The largest absolute Gasteiger partial charge is 0.478 e. The van der Waals surface area contributed by atoms with E-state index in [2.05, 4.69) is 16.6 Å². The van der Waals surface area contributed by atoms with Gasteiger partial charge in [-0.2, -0.15) is 4.37 Å². The zero-order valence-corrected chi connectivity index (χ0v) is 13.1. The summed E-state index contributed by atoms with van der Waals surface area (Å²) >= 11 is 1.00. The zero-order chi connectivity index (χ0) is 15.6. The molecule has 4 N–H and O–H groups in total. The van der Waals surface area contributed by atoms with Crippen molar-refractivity contribution in [2.24, 2.45) is 17.1 Å². The Labute approximate surface area is 127 Å². The lowest BCUT2D eigenvalue weighted by Crippen LogP contribution is -2.44. The van der Waals surface area contributed by atoms with Gasteiger partial charge >= 0.3 is 5.97 Å². The number of aryl methyl sites for hydroxylation is 1. The van der Waals surface area contributed by atoms with Gasteiger partial charge in [0.25, 0.3) is 0 Å². The van der Waals surface area contributed by atoms with Crippen molar-refractivity contribution in [2.45, 2.75) is 39.5 Å². The van der Waals surface area contributed by atoms with E-state index in [9.17, 15) is 14.7 Å². The molecule has 1 saturated carbocycles. The lowest BCUT2D eigenvalue weighted by Gasteiger charge is -2.36. The average molecular weight is 311 g/mol. The molecule has 0 bridgehead atoms. The van der Waals surface area contributed by atoms with Crippen molar-refractivity contribution in [3.8, 4) is 0 Å². The summed E-state index contributed by atoms with van der Waals surface area (Å²) < 4.78 is 4.01. The van der Waals surface area contributed by atoms with Crippen molar-refractivity contribution < 1.29 is 14.7 Å². The predicted molar refractivity (Wildman–Crippen MR) is 81.6 cm³/mol. The van der Waals surface area contributed by atoms with Gasteiger partial charge < -0.3 is 16.2 Å². The fraction of sp³-hybridized carbons (Fsp3) is 0.643. The molecule has 116 valence electrons. The first-order valence-corrected chi connectivity index (χ1v) is 7.88. The second-order valence-electron chi connectivity index (χ2n) is 5.90. The van der Waals surface area contributed by atoms with Crippen LogP contribution < -0.4 is 11.1 Å². The summed E-state index contributed by atoms with van der Waals surface area (Å²) in [7, 11) is 0. The molecule has 1 aliphatic carbocycles. The van der Waals surface area contributed by atoms with Gasteiger partial charge in [0.15, 0.2) is 0 Å². The molecule has 0 unspecified atom stereocenters. The number of carbonyl (C=O) groups is 2. The minimum absolute atomic E-state index is 0.0738. The number of nitrogens with two attached hydrogens (primary N) is 1. The third-order valence-electron chi connectivity index (χ3n) is 4.41. The smallest absolute Gasteiger partial charge is 0.340 e. The number of nitrogens with one attached hydrogen (secondary N) is 1. The Morgan fingerprint density at radius 2 is 2.10 bits per heavy atom. The van der Waals surface area contributed by atoms with E-state index in [0.29, 0.717) is 16.6 Å². The van der Waals surface area contributed by atoms with E-state index in [1.165, 1.54) is 0 Å². The third-order valence-corrected chi connectivity index (χ3v) is 5.26. The highest BCUT2D eigenvalue weighted by molar-refractivity contribution is 7.11. The van der Waals surface area contributed by atoms with Gasteiger partial charge in [-0.05, 0) is 50.1 Å². The highest BCUT2D eigenvalue weighted by atomic mass is 32.1. The van der Waals surface area contributed by atoms with Gasteiger partial charge in [0.2, 0.25) is 5.91 Å². The fourth-order valence-electron chi connectivity index (χ4n) is 2.78. The normalized spacial score (nSPS) is 25.6. The maximum atomic E-state index is 12.6. The van der Waals surface area contributed by atoms with Crippen LogP contribution in [0.1, 0.15) is 48.7 Å². The molecule has 1 amide bonds. The van der Waals surface area contributed by atoms with Crippen molar-refractivity contribution >= 4 is 28.4 Å². The molecule has 0 spiro atoms. The molecule has 6 nitrogen and oxygen atoms in total. The molecule has 1 aromatic heterocycles. The van der Waals surface area contributed by atoms with Crippen LogP contribution in [0.2, 0.25) is 0 Å². The van der Waals surface area contributed by atoms with Crippen LogP contribution >= 0.6 is 11.5 Å². The summed E-state index contributed by atoms with van der Waals surface area (Å²) in [5.41, 5.74) is 5.76. The molecule has 7 heteroatoms. The summed E-state index contributed by atoms with van der Waals surface area (Å²) in [4.78, 5) is 23.9. The number of nitrogens with zero attached hydrogens (tertiary/aromatic N) is 1. The number of carbonyl (C=O) groups excluding carboxylic acids is 1. The molecule has 0 atom stereocenters. The number of hydrogen-bond donors (Lipinski definition) is 3. The second-order valence-corrected chi connectivity index (χ2v) is 6.67. The van der Waals surface area contributed by atoms with Gasteiger partial charge in [-0.15, -0.1) is 0 Å². The topological polar surface area (TPSA) is 105 Å². The van der Waals surface area contributed by atoms with Gasteiger partial charge in [0, 0.05) is 6.54 Å². The number of aromatic carboxylic acids is 1. The molecule has 1 heterocycles. The predicted octanol–water partition coefficient (Wildman–Crippen LogP) is 2.24. The van der Waals surface area contributed by atoms with E-state index in [1.807, 2.05) is 0 Å². The molecule has 2 rings (SSSR count). The maximum Gasteiger partial charge on any atom is 0.340 e. The summed E-state index contributed by atoms with van der Waals surface area (Å²) in [6.45, 7) is 4.08. The molecule has 0 saturated heterocycles. The molecule has 1 fully saturated rings. The van der Waals surface area contributed by atoms with Crippen LogP contribution in [0, 0.1) is 18.3 Å². The van der Waals surface area contributed by atoms with E-state index >= 15 is 0 Å². The van der Waals surface area contributed by atoms with Gasteiger partial charge in [-0.1, -0.05) is 6.92 Å².